The minimum Gasteiger partial charge on any atom is -0.312 e. The van der Waals surface area contributed by atoms with Crippen LogP contribution in [0.1, 0.15) is 16.7 Å². The third-order valence-corrected chi connectivity index (χ3v) is 7.44. The summed E-state index contributed by atoms with van der Waals surface area (Å²) < 4.78 is 27.4. The van der Waals surface area contributed by atoms with Crippen LogP contribution in [-0.4, -0.2) is 26.3 Å². The highest BCUT2D eigenvalue weighted by Gasteiger charge is 2.22. The van der Waals surface area contributed by atoms with E-state index in [4.69, 9.17) is 0 Å². The van der Waals surface area contributed by atoms with Gasteiger partial charge in [-0.2, -0.15) is 4.31 Å². The highest BCUT2D eigenvalue weighted by Crippen LogP contribution is 2.25. The van der Waals surface area contributed by atoms with Crippen LogP contribution in [-0.2, 0) is 23.1 Å². The number of halogens is 1. The first-order chi connectivity index (χ1) is 9.93. The summed E-state index contributed by atoms with van der Waals surface area (Å²) in [6.45, 7) is 3.99. The smallest absolute Gasteiger partial charge is 0.243 e. The molecule has 0 unspecified atom stereocenters. The van der Waals surface area contributed by atoms with Gasteiger partial charge in [0.1, 0.15) is 0 Å². The standard InChI is InChI=1S/C13H17BrN2O2S3/c1-3-15-6-11-5-13(9-20-11)21(17,18)16(2)7-12-4-10(14)8-19-12/h4-5,8-9,15H,3,6-7H2,1-2H3. The van der Waals surface area contributed by atoms with Gasteiger partial charge in [0.15, 0.2) is 0 Å². The first-order valence-electron chi connectivity index (χ1n) is 6.41. The molecular weight excluding hydrogens is 392 g/mol. The van der Waals surface area contributed by atoms with E-state index in [-0.39, 0.29) is 0 Å². The molecule has 0 aliphatic carbocycles. The van der Waals surface area contributed by atoms with Crippen LogP contribution >= 0.6 is 38.6 Å². The van der Waals surface area contributed by atoms with E-state index in [1.165, 1.54) is 15.6 Å². The third kappa shape index (κ3) is 4.37. The molecule has 2 aromatic heterocycles. The maximum Gasteiger partial charge on any atom is 0.243 e. The second-order valence-electron chi connectivity index (χ2n) is 4.52. The molecule has 2 heterocycles. The first kappa shape index (κ1) is 17.1. The van der Waals surface area contributed by atoms with E-state index in [1.807, 2.05) is 18.4 Å². The van der Waals surface area contributed by atoms with Gasteiger partial charge in [-0.15, -0.1) is 22.7 Å². The van der Waals surface area contributed by atoms with E-state index in [0.29, 0.717) is 18.0 Å². The lowest BCUT2D eigenvalue weighted by Crippen LogP contribution is -2.25. The number of hydrogen-bond donors (Lipinski definition) is 1. The Bertz CT molecular complexity index is 694. The van der Waals surface area contributed by atoms with Gasteiger partial charge in [0.2, 0.25) is 10.0 Å². The zero-order valence-electron chi connectivity index (χ0n) is 11.8. The van der Waals surface area contributed by atoms with Crippen molar-refractivity contribution in [3.63, 3.8) is 0 Å². The Kier molecular flexibility index (Phi) is 5.98. The molecule has 116 valence electrons. The maximum absolute atomic E-state index is 12.5. The van der Waals surface area contributed by atoms with Crippen LogP contribution in [0.5, 0.6) is 0 Å². The Morgan fingerprint density at radius 3 is 2.57 bits per heavy atom. The molecule has 2 rings (SSSR count). The molecule has 0 fully saturated rings. The average Bonchev–Trinajstić information content (AvgIpc) is 3.06. The molecule has 4 nitrogen and oxygen atoms in total. The first-order valence-corrected chi connectivity index (χ1v) is 10.4. The zero-order valence-corrected chi connectivity index (χ0v) is 15.8. The summed E-state index contributed by atoms with van der Waals surface area (Å²) in [5.74, 6) is 0. The zero-order chi connectivity index (χ0) is 15.5. The normalized spacial score (nSPS) is 12.2. The summed E-state index contributed by atoms with van der Waals surface area (Å²) >= 11 is 6.40. The van der Waals surface area contributed by atoms with E-state index in [2.05, 4.69) is 21.2 Å². The Morgan fingerprint density at radius 2 is 1.95 bits per heavy atom. The average molecular weight is 409 g/mol. The molecule has 0 aliphatic rings. The second kappa shape index (κ2) is 7.34. The van der Waals surface area contributed by atoms with Gasteiger partial charge in [-0.3, -0.25) is 0 Å². The van der Waals surface area contributed by atoms with Crippen LogP contribution in [0.15, 0.2) is 32.3 Å². The topological polar surface area (TPSA) is 49.4 Å². The van der Waals surface area contributed by atoms with Crippen LogP contribution in [0.4, 0.5) is 0 Å². The fraction of sp³-hybridized carbons (Fsp3) is 0.385. The van der Waals surface area contributed by atoms with Crippen LogP contribution in [0.3, 0.4) is 0 Å². The summed E-state index contributed by atoms with van der Waals surface area (Å²) in [7, 11) is -1.81. The third-order valence-electron chi connectivity index (χ3n) is 2.89. The summed E-state index contributed by atoms with van der Waals surface area (Å²) in [5, 5.41) is 6.86. The van der Waals surface area contributed by atoms with Gasteiger partial charge >= 0.3 is 0 Å². The molecule has 0 bridgehead atoms. The minimum atomic E-state index is -3.42. The fourth-order valence-corrected chi connectivity index (χ4v) is 5.72. The minimum absolute atomic E-state index is 0.374. The summed E-state index contributed by atoms with van der Waals surface area (Å²) in [6, 6.07) is 3.70. The fourth-order valence-electron chi connectivity index (χ4n) is 1.76. The van der Waals surface area contributed by atoms with Crippen molar-refractivity contribution in [1.29, 1.82) is 0 Å². The number of nitrogens with zero attached hydrogens (tertiary/aromatic N) is 1. The predicted molar refractivity (Wildman–Crippen MR) is 92.4 cm³/mol. The van der Waals surface area contributed by atoms with Gasteiger partial charge in [-0.1, -0.05) is 6.92 Å². The Balaban J connectivity index is 2.11. The van der Waals surface area contributed by atoms with Crippen molar-refractivity contribution in [2.75, 3.05) is 13.6 Å². The SMILES string of the molecule is CCNCc1cc(S(=O)(=O)N(C)Cc2cc(Br)cs2)cs1. The molecule has 1 N–H and O–H groups in total. The van der Waals surface area contributed by atoms with Crippen LogP contribution in [0.25, 0.3) is 0 Å². The monoisotopic (exact) mass is 408 g/mol. The van der Waals surface area contributed by atoms with Gasteiger partial charge in [-0.05, 0) is 34.6 Å². The highest BCUT2D eigenvalue weighted by molar-refractivity contribution is 9.10. The molecule has 0 radical (unpaired) electrons. The van der Waals surface area contributed by atoms with Crippen molar-refractivity contribution in [1.82, 2.24) is 9.62 Å². The Labute approximate surface area is 142 Å². The van der Waals surface area contributed by atoms with Gasteiger partial charge in [0, 0.05) is 45.1 Å². The van der Waals surface area contributed by atoms with Gasteiger partial charge in [0.05, 0.1) is 4.90 Å². The van der Waals surface area contributed by atoms with Gasteiger partial charge < -0.3 is 5.32 Å². The molecule has 8 heteroatoms. The van der Waals surface area contributed by atoms with Gasteiger partial charge in [-0.25, -0.2) is 8.42 Å². The van der Waals surface area contributed by atoms with Crippen molar-refractivity contribution in [2.45, 2.75) is 24.9 Å². The van der Waals surface area contributed by atoms with Crippen LogP contribution in [0, 0.1) is 0 Å². The number of thiophene rings is 2. The van der Waals surface area contributed by atoms with E-state index in [0.717, 1.165) is 20.8 Å². The molecule has 0 saturated carbocycles. The van der Waals surface area contributed by atoms with E-state index >= 15 is 0 Å². The number of sulfonamides is 1. The maximum atomic E-state index is 12.5. The highest BCUT2D eigenvalue weighted by atomic mass is 79.9. The summed E-state index contributed by atoms with van der Waals surface area (Å²) in [6.07, 6.45) is 0. The number of rotatable bonds is 7. The quantitative estimate of drug-likeness (QED) is 0.762. The molecular formula is C13H17BrN2O2S3. The largest absolute Gasteiger partial charge is 0.312 e. The van der Waals surface area contributed by atoms with Gasteiger partial charge in [0.25, 0.3) is 0 Å². The molecule has 0 spiro atoms. The lowest BCUT2D eigenvalue weighted by Gasteiger charge is -2.15. The van der Waals surface area contributed by atoms with Crippen molar-refractivity contribution in [3.05, 3.63) is 37.1 Å². The summed E-state index contributed by atoms with van der Waals surface area (Å²) in [4.78, 5) is 2.41. The molecule has 0 amide bonds. The summed E-state index contributed by atoms with van der Waals surface area (Å²) in [5.41, 5.74) is 0. The van der Waals surface area contributed by atoms with E-state index in [9.17, 15) is 8.42 Å². The second-order valence-corrected chi connectivity index (χ2v) is 9.47. The molecule has 0 aliphatic heterocycles. The van der Waals surface area contributed by atoms with Crippen LogP contribution < -0.4 is 5.32 Å². The molecule has 0 saturated heterocycles. The molecule has 0 aromatic carbocycles. The Hall–Kier alpha value is -0.250. The van der Waals surface area contributed by atoms with Crippen molar-refractivity contribution < 1.29 is 8.42 Å². The number of hydrogen-bond acceptors (Lipinski definition) is 5. The number of nitrogens with one attached hydrogen (secondary N) is 1. The lowest BCUT2D eigenvalue weighted by molar-refractivity contribution is 0.470. The lowest BCUT2D eigenvalue weighted by atomic mass is 10.4. The van der Waals surface area contributed by atoms with Crippen molar-refractivity contribution >= 4 is 48.6 Å². The van der Waals surface area contributed by atoms with Crippen molar-refractivity contribution in [3.8, 4) is 0 Å². The van der Waals surface area contributed by atoms with E-state index < -0.39 is 10.0 Å². The molecule has 21 heavy (non-hydrogen) atoms. The molecule has 2 aromatic rings. The van der Waals surface area contributed by atoms with Crippen LogP contribution in [0.2, 0.25) is 0 Å². The predicted octanol–water partition coefficient (Wildman–Crippen LogP) is 3.50. The Morgan fingerprint density at radius 1 is 1.24 bits per heavy atom. The molecule has 0 atom stereocenters. The van der Waals surface area contributed by atoms with Crippen molar-refractivity contribution in [2.24, 2.45) is 0 Å². The van der Waals surface area contributed by atoms with E-state index in [1.54, 1.807) is 29.8 Å².